The number of alkyl halides is 1. The van der Waals surface area contributed by atoms with Crippen LogP contribution in [0.15, 0.2) is 114 Å². The molecule has 1 aliphatic heterocycles. The summed E-state index contributed by atoms with van der Waals surface area (Å²) in [6.45, 7) is 3.44. The Morgan fingerprint density at radius 3 is 1.79 bits per heavy atom. The fourth-order valence-corrected chi connectivity index (χ4v) is 6.25. The molecule has 1 N–H and O–H groups in total. The molecule has 0 aromatic heterocycles. The average molecular weight is 470 g/mol. The van der Waals surface area contributed by atoms with Gasteiger partial charge in [-0.25, -0.2) is 0 Å². The molecule has 0 spiro atoms. The van der Waals surface area contributed by atoms with E-state index in [4.69, 9.17) is 11.6 Å². The van der Waals surface area contributed by atoms with Crippen LogP contribution in [0.25, 0.3) is 0 Å². The summed E-state index contributed by atoms with van der Waals surface area (Å²) in [7, 11) is 0. The van der Waals surface area contributed by atoms with Gasteiger partial charge in [0.15, 0.2) is 0 Å². The van der Waals surface area contributed by atoms with Crippen LogP contribution in [0.4, 0.5) is 0 Å². The standard InChI is InChI=1S/C30H28ClNO2/c1-21-26-17-18-32(20-22(26)19-27(31)28(21)29(33)34)30(23-11-5-2-6-12-23,24-13-7-3-8-14-24)25-15-9-4-10-16-25/h2-16,19,27-28H,17-18,20H2,1H3,(H,33,34). The van der Waals surface area contributed by atoms with Crippen LogP contribution >= 0.6 is 11.6 Å². The second kappa shape index (κ2) is 9.25. The Labute approximate surface area is 206 Å². The van der Waals surface area contributed by atoms with Crippen LogP contribution in [0.5, 0.6) is 0 Å². The van der Waals surface area contributed by atoms with Crippen molar-refractivity contribution in [3.05, 3.63) is 130 Å². The number of fused-ring (bicyclic) bond motifs is 1. The Bertz CT molecular complexity index is 1140. The molecule has 3 aromatic rings. The van der Waals surface area contributed by atoms with Crippen LogP contribution in [0, 0.1) is 5.92 Å². The molecule has 172 valence electrons. The van der Waals surface area contributed by atoms with E-state index >= 15 is 0 Å². The van der Waals surface area contributed by atoms with Crippen molar-refractivity contribution in [2.24, 2.45) is 5.92 Å². The van der Waals surface area contributed by atoms with Crippen molar-refractivity contribution >= 4 is 17.6 Å². The average Bonchev–Trinajstić information content (AvgIpc) is 2.86. The topological polar surface area (TPSA) is 40.5 Å². The lowest BCUT2D eigenvalue weighted by atomic mass is 9.73. The van der Waals surface area contributed by atoms with E-state index in [1.807, 2.05) is 13.0 Å². The Kier molecular flexibility index (Phi) is 6.16. The zero-order valence-electron chi connectivity index (χ0n) is 19.2. The molecule has 0 amide bonds. The van der Waals surface area contributed by atoms with E-state index in [2.05, 4.69) is 95.9 Å². The van der Waals surface area contributed by atoms with Gasteiger partial charge >= 0.3 is 5.97 Å². The lowest BCUT2D eigenvalue weighted by Gasteiger charge is -2.49. The van der Waals surface area contributed by atoms with Gasteiger partial charge in [0, 0.05) is 13.1 Å². The number of nitrogens with zero attached hydrogens (tertiary/aromatic N) is 1. The number of carbonyl (C=O) groups is 1. The number of aliphatic carboxylic acids is 1. The van der Waals surface area contributed by atoms with Gasteiger partial charge in [0.2, 0.25) is 0 Å². The van der Waals surface area contributed by atoms with Gasteiger partial charge in [0.1, 0.15) is 0 Å². The summed E-state index contributed by atoms with van der Waals surface area (Å²) in [5.74, 6) is -1.51. The van der Waals surface area contributed by atoms with Gasteiger partial charge in [-0.3, -0.25) is 9.69 Å². The first-order valence-electron chi connectivity index (χ1n) is 11.7. The highest BCUT2D eigenvalue weighted by Gasteiger charge is 2.45. The van der Waals surface area contributed by atoms with Crippen molar-refractivity contribution in [3.63, 3.8) is 0 Å². The maximum Gasteiger partial charge on any atom is 0.312 e. The van der Waals surface area contributed by atoms with Crippen LogP contribution in [0.1, 0.15) is 30.0 Å². The van der Waals surface area contributed by atoms with Crippen LogP contribution < -0.4 is 0 Å². The summed E-state index contributed by atoms with van der Waals surface area (Å²) in [6.07, 6.45) is 2.76. The maximum atomic E-state index is 11.9. The first-order chi connectivity index (χ1) is 16.5. The lowest BCUT2D eigenvalue weighted by molar-refractivity contribution is -0.140. The number of allylic oxidation sites excluding steroid dienone is 1. The van der Waals surface area contributed by atoms with Crippen LogP contribution in [-0.4, -0.2) is 34.4 Å². The van der Waals surface area contributed by atoms with E-state index < -0.39 is 22.8 Å². The Balaban J connectivity index is 1.69. The minimum Gasteiger partial charge on any atom is -0.481 e. The molecule has 1 aliphatic carbocycles. The van der Waals surface area contributed by atoms with Gasteiger partial charge in [-0.15, -0.1) is 11.6 Å². The zero-order valence-corrected chi connectivity index (χ0v) is 20.0. The highest BCUT2D eigenvalue weighted by molar-refractivity contribution is 6.23. The third-order valence-electron chi connectivity index (χ3n) is 7.32. The fourth-order valence-electron chi connectivity index (χ4n) is 5.80. The fraction of sp³-hybridized carbons (Fsp3) is 0.233. The van der Waals surface area contributed by atoms with E-state index in [-0.39, 0.29) is 0 Å². The molecule has 2 unspecified atom stereocenters. The van der Waals surface area contributed by atoms with E-state index in [1.165, 1.54) is 16.7 Å². The minimum atomic E-state index is -0.852. The second-order valence-electron chi connectivity index (χ2n) is 9.09. The third-order valence-corrected chi connectivity index (χ3v) is 7.69. The van der Waals surface area contributed by atoms with Crippen molar-refractivity contribution in [1.29, 1.82) is 0 Å². The summed E-state index contributed by atoms with van der Waals surface area (Å²) in [5.41, 5.74) is 6.33. The van der Waals surface area contributed by atoms with Crippen LogP contribution in [0.2, 0.25) is 0 Å². The molecule has 5 rings (SSSR count). The minimum absolute atomic E-state index is 0.491. The highest BCUT2D eigenvalue weighted by atomic mass is 35.5. The Morgan fingerprint density at radius 2 is 1.35 bits per heavy atom. The largest absolute Gasteiger partial charge is 0.481 e. The zero-order chi connectivity index (χ0) is 23.7. The predicted octanol–water partition coefficient (Wildman–Crippen LogP) is 6.25. The van der Waals surface area contributed by atoms with Crippen LogP contribution in [0.3, 0.4) is 0 Å². The molecule has 1 fully saturated rings. The monoisotopic (exact) mass is 469 g/mol. The van der Waals surface area contributed by atoms with Crippen LogP contribution in [-0.2, 0) is 10.3 Å². The van der Waals surface area contributed by atoms with Gasteiger partial charge in [-0.1, -0.05) is 103 Å². The number of hydrogen-bond acceptors (Lipinski definition) is 2. The summed E-state index contributed by atoms with van der Waals surface area (Å²) in [5, 5.41) is 9.19. The number of hydrogen-bond donors (Lipinski definition) is 1. The second-order valence-corrected chi connectivity index (χ2v) is 9.60. The molecule has 0 bridgehead atoms. The molecular weight excluding hydrogens is 442 g/mol. The number of carboxylic acids is 1. The molecule has 3 aromatic carbocycles. The number of carboxylic acid groups (broad SMARTS) is 1. The van der Waals surface area contributed by atoms with Crippen molar-refractivity contribution in [2.75, 3.05) is 13.1 Å². The number of piperidine rings is 1. The Morgan fingerprint density at radius 1 is 0.882 bits per heavy atom. The first-order valence-corrected chi connectivity index (χ1v) is 12.2. The van der Waals surface area contributed by atoms with E-state index in [9.17, 15) is 9.90 Å². The van der Waals surface area contributed by atoms with Gasteiger partial charge in [-0.2, -0.15) is 0 Å². The van der Waals surface area contributed by atoms with Crippen molar-refractivity contribution in [1.82, 2.24) is 4.90 Å². The van der Waals surface area contributed by atoms with Gasteiger partial charge in [0.05, 0.1) is 16.8 Å². The molecule has 2 aliphatic rings. The number of halogens is 1. The highest BCUT2D eigenvalue weighted by Crippen LogP contribution is 2.46. The molecule has 1 heterocycles. The maximum absolute atomic E-state index is 11.9. The smallest absolute Gasteiger partial charge is 0.312 e. The first kappa shape index (κ1) is 22.6. The molecule has 4 heteroatoms. The van der Waals surface area contributed by atoms with Gasteiger partial charge < -0.3 is 5.11 Å². The SMILES string of the molecule is CC1=C2CCN(C(c3ccccc3)(c3ccccc3)c3ccccc3)CC2=CC(Cl)C1C(=O)O. The summed E-state index contributed by atoms with van der Waals surface area (Å²) in [4.78, 5) is 14.4. The van der Waals surface area contributed by atoms with E-state index in [0.717, 1.165) is 29.7 Å². The number of rotatable bonds is 5. The molecule has 0 radical (unpaired) electrons. The molecule has 1 saturated heterocycles. The molecular formula is C30H28ClNO2. The predicted molar refractivity (Wildman–Crippen MR) is 137 cm³/mol. The summed E-state index contributed by atoms with van der Waals surface area (Å²) >= 11 is 6.60. The van der Waals surface area contributed by atoms with Crippen molar-refractivity contribution < 1.29 is 9.90 Å². The van der Waals surface area contributed by atoms with Gasteiger partial charge in [-0.05, 0) is 41.2 Å². The van der Waals surface area contributed by atoms with Crippen molar-refractivity contribution in [3.8, 4) is 0 Å². The van der Waals surface area contributed by atoms with E-state index in [1.54, 1.807) is 0 Å². The summed E-state index contributed by atoms with van der Waals surface area (Å²) < 4.78 is 0. The normalized spacial score (nSPS) is 21.1. The summed E-state index contributed by atoms with van der Waals surface area (Å²) in [6, 6.07) is 32.0. The van der Waals surface area contributed by atoms with E-state index in [0.29, 0.717) is 6.54 Å². The molecule has 34 heavy (non-hydrogen) atoms. The van der Waals surface area contributed by atoms with Gasteiger partial charge in [0.25, 0.3) is 0 Å². The number of likely N-dealkylation sites (tertiary alicyclic amines) is 1. The third kappa shape index (κ3) is 3.70. The molecule has 3 nitrogen and oxygen atoms in total. The van der Waals surface area contributed by atoms with Crippen molar-refractivity contribution in [2.45, 2.75) is 24.3 Å². The quantitative estimate of drug-likeness (QED) is 0.354. The molecule has 0 saturated carbocycles. The number of benzene rings is 3. The lowest BCUT2D eigenvalue weighted by Crippen LogP contribution is -2.51. The molecule has 2 atom stereocenters. The Hall–Kier alpha value is -3.14.